The number of carbonyl (C=O) groups excluding carboxylic acids is 1. The predicted octanol–water partition coefficient (Wildman–Crippen LogP) is 4.38. The molecule has 0 N–H and O–H groups in total. The minimum absolute atomic E-state index is 0.438. The molecule has 0 aliphatic carbocycles. The summed E-state index contributed by atoms with van der Waals surface area (Å²) in [6.45, 7) is 4.37. The minimum Gasteiger partial charge on any atom is -0.298 e. The summed E-state index contributed by atoms with van der Waals surface area (Å²) < 4.78 is 0. The lowest BCUT2D eigenvalue weighted by Crippen LogP contribution is -2.23. The molecular formula is C22H21OP. The summed E-state index contributed by atoms with van der Waals surface area (Å²) in [5.74, 6) is 0.438. The van der Waals surface area contributed by atoms with Crippen molar-refractivity contribution in [2.24, 2.45) is 0 Å². The van der Waals surface area contributed by atoms with E-state index in [0.29, 0.717) is 5.92 Å². The molecule has 0 aliphatic heterocycles. The normalized spacial score (nSPS) is 11.0. The molecule has 0 heterocycles. The third-order valence-corrected chi connectivity index (χ3v) is 6.62. The van der Waals surface area contributed by atoms with Gasteiger partial charge in [-0.3, -0.25) is 4.79 Å². The van der Waals surface area contributed by atoms with Gasteiger partial charge in [0.1, 0.15) is 0 Å². The monoisotopic (exact) mass is 332 g/mol. The highest BCUT2D eigenvalue weighted by atomic mass is 31.1. The Morgan fingerprint density at radius 3 is 1.79 bits per heavy atom. The van der Waals surface area contributed by atoms with Crippen molar-refractivity contribution >= 4 is 30.1 Å². The number of benzene rings is 3. The highest BCUT2D eigenvalue weighted by Gasteiger charge is 2.20. The fourth-order valence-electron chi connectivity index (χ4n) is 2.79. The van der Waals surface area contributed by atoms with Crippen LogP contribution in [0.5, 0.6) is 0 Å². The molecule has 0 aliphatic rings. The van der Waals surface area contributed by atoms with Gasteiger partial charge in [-0.15, -0.1) is 0 Å². The number of carbonyl (C=O) groups is 1. The van der Waals surface area contributed by atoms with Crippen LogP contribution in [0.2, 0.25) is 0 Å². The van der Waals surface area contributed by atoms with Gasteiger partial charge in [0.15, 0.2) is 6.29 Å². The Bertz CT molecular complexity index is 770. The summed E-state index contributed by atoms with van der Waals surface area (Å²) >= 11 is 0. The first-order valence-electron chi connectivity index (χ1n) is 8.20. The fourth-order valence-corrected chi connectivity index (χ4v) is 5.25. The predicted molar refractivity (Wildman–Crippen MR) is 105 cm³/mol. The molecule has 0 saturated carbocycles. The average molecular weight is 332 g/mol. The van der Waals surface area contributed by atoms with Crippen LogP contribution in [0.3, 0.4) is 0 Å². The summed E-state index contributed by atoms with van der Waals surface area (Å²) in [5, 5.41) is 3.68. The third kappa shape index (κ3) is 3.47. The van der Waals surface area contributed by atoms with Crippen molar-refractivity contribution in [3.8, 4) is 0 Å². The first kappa shape index (κ1) is 16.6. The van der Waals surface area contributed by atoms with E-state index < -0.39 is 7.92 Å². The van der Waals surface area contributed by atoms with Gasteiger partial charge in [-0.1, -0.05) is 86.6 Å². The van der Waals surface area contributed by atoms with Crippen LogP contribution in [0.1, 0.15) is 35.7 Å². The molecule has 0 spiro atoms. The molecule has 3 aromatic carbocycles. The van der Waals surface area contributed by atoms with Crippen LogP contribution in [0.25, 0.3) is 0 Å². The fraction of sp³-hybridized carbons (Fsp3) is 0.136. The van der Waals surface area contributed by atoms with Gasteiger partial charge in [0, 0.05) is 5.56 Å². The minimum atomic E-state index is -0.745. The Labute approximate surface area is 145 Å². The Morgan fingerprint density at radius 1 is 0.792 bits per heavy atom. The first-order chi connectivity index (χ1) is 11.7. The summed E-state index contributed by atoms with van der Waals surface area (Å²) in [6, 6.07) is 27.3. The van der Waals surface area contributed by atoms with Crippen LogP contribution >= 0.6 is 7.92 Å². The Hall–Kier alpha value is -2.24. The van der Waals surface area contributed by atoms with Gasteiger partial charge in [0.2, 0.25) is 0 Å². The van der Waals surface area contributed by atoms with Crippen molar-refractivity contribution in [1.29, 1.82) is 0 Å². The van der Waals surface area contributed by atoms with Gasteiger partial charge in [-0.05, 0) is 41.4 Å². The Morgan fingerprint density at radius 2 is 1.33 bits per heavy atom. The van der Waals surface area contributed by atoms with Crippen molar-refractivity contribution in [2.75, 3.05) is 0 Å². The van der Waals surface area contributed by atoms with E-state index in [4.69, 9.17) is 0 Å². The van der Waals surface area contributed by atoms with Crippen LogP contribution in [-0.4, -0.2) is 6.29 Å². The van der Waals surface area contributed by atoms with Crippen LogP contribution < -0.4 is 15.9 Å². The quantitative estimate of drug-likeness (QED) is 0.500. The SMILES string of the molecule is CC(C)c1ccc(C=O)c(P(c2ccccc2)c2ccccc2)c1. The molecule has 0 atom stereocenters. The van der Waals surface area contributed by atoms with Gasteiger partial charge in [-0.25, -0.2) is 0 Å². The summed E-state index contributed by atoms with van der Waals surface area (Å²) in [5.41, 5.74) is 2.06. The van der Waals surface area contributed by atoms with Crippen molar-refractivity contribution < 1.29 is 4.79 Å². The molecular weight excluding hydrogens is 311 g/mol. The van der Waals surface area contributed by atoms with Crippen molar-refractivity contribution in [1.82, 2.24) is 0 Å². The highest BCUT2D eigenvalue weighted by molar-refractivity contribution is 7.80. The van der Waals surface area contributed by atoms with Crippen molar-refractivity contribution in [2.45, 2.75) is 19.8 Å². The largest absolute Gasteiger partial charge is 0.298 e. The van der Waals surface area contributed by atoms with E-state index >= 15 is 0 Å². The number of aldehydes is 1. The molecule has 3 rings (SSSR count). The molecule has 0 saturated heterocycles. The van der Waals surface area contributed by atoms with E-state index in [0.717, 1.165) is 17.2 Å². The number of hydrogen-bond donors (Lipinski definition) is 0. The molecule has 0 unspecified atom stereocenters. The number of hydrogen-bond acceptors (Lipinski definition) is 1. The second kappa shape index (κ2) is 7.55. The number of rotatable bonds is 5. The summed E-state index contributed by atoms with van der Waals surface area (Å²) in [7, 11) is -0.745. The Balaban J connectivity index is 2.23. The second-order valence-electron chi connectivity index (χ2n) is 6.10. The lowest BCUT2D eigenvalue weighted by atomic mass is 10.0. The van der Waals surface area contributed by atoms with Crippen molar-refractivity contribution in [3.63, 3.8) is 0 Å². The molecule has 0 fully saturated rings. The topological polar surface area (TPSA) is 17.1 Å². The van der Waals surface area contributed by atoms with Gasteiger partial charge in [-0.2, -0.15) is 0 Å². The molecule has 0 amide bonds. The first-order valence-corrected chi connectivity index (χ1v) is 9.54. The zero-order chi connectivity index (χ0) is 16.9. The summed E-state index contributed by atoms with van der Waals surface area (Å²) in [4.78, 5) is 11.7. The van der Waals surface area contributed by atoms with E-state index in [2.05, 4.69) is 74.5 Å². The van der Waals surface area contributed by atoms with E-state index in [1.54, 1.807) is 0 Å². The van der Waals surface area contributed by atoms with E-state index in [-0.39, 0.29) is 0 Å². The summed E-state index contributed by atoms with van der Waals surface area (Å²) in [6.07, 6.45) is 0.987. The van der Waals surface area contributed by atoms with E-state index in [9.17, 15) is 4.79 Å². The van der Waals surface area contributed by atoms with Gasteiger partial charge < -0.3 is 0 Å². The smallest absolute Gasteiger partial charge is 0.150 e. The van der Waals surface area contributed by atoms with E-state index in [1.165, 1.54) is 16.2 Å². The zero-order valence-corrected chi connectivity index (χ0v) is 14.9. The zero-order valence-electron chi connectivity index (χ0n) is 14.0. The lowest BCUT2D eigenvalue weighted by Gasteiger charge is -2.22. The average Bonchev–Trinajstić information content (AvgIpc) is 2.63. The molecule has 2 heteroatoms. The molecule has 3 aromatic rings. The molecule has 0 bridgehead atoms. The molecule has 0 radical (unpaired) electrons. The Kier molecular flexibility index (Phi) is 5.23. The van der Waals surface area contributed by atoms with Crippen LogP contribution in [-0.2, 0) is 0 Å². The molecule has 120 valence electrons. The molecule has 0 aromatic heterocycles. The molecule has 1 nitrogen and oxygen atoms in total. The lowest BCUT2D eigenvalue weighted by molar-refractivity contribution is 0.112. The maximum atomic E-state index is 11.7. The standard InChI is InChI=1S/C22H21OP/c1-17(2)18-13-14-19(16-23)22(15-18)24(20-9-5-3-6-10-20)21-11-7-4-8-12-21/h3-17H,1-2H3. The highest BCUT2D eigenvalue weighted by Crippen LogP contribution is 2.34. The van der Waals surface area contributed by atoms with Gasteiger partial charge in [0.25, 0.3) is 0 Å². The van der Waals surface area contributed by atoms with Crippen LogP contribution in [0, 0.1) is 0 Å². The van der Waals surface area contributed by atoms with Crippen LogP contribution in [0.15, 0.2) is 78.9 Å². The third-order valence-electron chi connectivity index (χ3n) is 4.12. The van der Waals surface area contributed by atoms with Gasteiger partial charge in [0.05, 0.1) is 0 Å². The maximum Gasteiger partial charge on any atom is 0.150 e. The van der Waals surface area contributed by atoms with Crippen LogP contribution in [0.4, 0.5) is 0 Å². The maximum absolute atomic E-state index is 11.7. The van der Waals surface area contributed by atoms with Crippen molar-refractivity contribution in [3.05, 3.63) is 90.0 Å². The molecule has 24 heavy (non-hydrogen) atoms. The van der Waals surface area contributed by atoms with E-state index in [1.807, 2.05) is 18.2 Å². The van der Waals surface area contributed by atoms with Gasteiger partial charge >= 0.3 is 0 Å². The second-order valence-corrected chi connectivity index (χ2v) is 8.28.